The van der Waals surface area contributed by atoms with E-state index in [1.807, 2.05) is 19.6 Å². The minimum atomic E-state index is -3.93. The fraction of sp³-hybridized carbons (Fsp3) is 0.429. The van der Waals surface area contributed by atoms with E-state index in [0.717, 1.165) is 0 Å². The lowest BCUT2D eigenvalue weighted by Crippen LogP contribution is -2.48. The van der Waals surface area contributed by atoms with Crippen LogP contribution in [0.3, 0.4) is 0 Å². The van der Waals surface area contributed by atoms with E-state index in [2.05, 4.69) is 15.3 Å². The molecule has 0 aliphatic carbocycles. The first-order chi connectivity index (χ1) is 15.9. The smallest absolute Gasteiger partial charge is 0.330 e. The van der Waals surface area contributed by atoms with Gasteiger partial charge in [0.05, 0.1) is 22.9 Å². The summed E-state index contributed by atoms with van der Waals surface area (Å²) in [6, 6.07) is 7.48. The summed E-state index contributed by atoms with van der Waals surface area (Å²) < 4.78 is 35.6. The summed E-state index contributed by atoms with van der Waals surface area (Å²) in [5.41, 5.74) is -0.774. The van der Waals surface area contributed by atoms with E-state index in [4.69, 9.17) is 4.74 Å². The van der Waals surface area contributed by atoms with Gasteiger partial charge in [-0.1, -0.05) is 43.1 Å². The summed E-state index contributed by atoms with van der Waals surface area (Å²) in [6.07, 6.45) is 0.100. The molecular formula is C21H27N5O6SSi. The first-order valence-electron chi connectivity index (χ1n) is 10.8. The number of nitrogens with zero attached hydrogens (tertiary/aromatic N) is 4. The van der Waals surface area contributed by atoms with Gasteiger partial charge in [0.25, 0.3) is 5.56 Å². The average Bonchev–Trinajstić information content (AvgIpc) is 3.41. The molecule has 34 heavy (non-hydrogen) atoms. The van der Waals surface area contributed by atoms with Crippen LogP contribution in [0.25, 0.3) is 0 Å². The van der Waals surface area contributed by atoms with Crippen LogP contribution in [0.1, 0.15) is 24.3 Å². The molecule has 1 fully saturated rings. The Bertz CT molecular complexity index is 1420. The van der Waals surface area contributed by atoms with E-state index in [0.29, 0.717) is 10.9 Å². The quantitative estimate of drug-likeness (QED) is 0.455. The molecule has 1 aliphatic rings. The van der Waals surface area contributed by atoms with Gasteiger partial charge in [-0.25, -0.2) is 17.9 Å². The Hall–Kier alpha value is -2.87. The highest BCUT2D eigenvalue weighted by atomic mass is 32.2. The molecule has 0 unspecified atom stereocenters. The summed E-state index contributed by atoms with van der Waals surface area (Å²) in [5.74, 6) is 0. The third kappa shape index (κ3) is 4.19. The van der Waals surface area contributed by atoms with Crippen LogP contribution < -0.4 is 16.6 Å². The van der Waals surface area contributed by atoms with Crippen LogP contribution in [-0.2, 0) is 14.6 Å². The molecule has 0 amide bonds. The molecule has 1 saturated heterocycles. The maximum Gasteiger partial charge on any atom is 0.330 e. The number of benzene rings is 1. The summed E-state index contributed by atoms with van der Waals surface area (Å²) >= 11 is 0. The number of ether oxygens (including phenoxy) is 1. The molecule has 4 rings (SSSR count). The minimum Gasteiger partial charge on any atom is -0.394 e. The van der Waals surface area contributed by atoms with Crippen LogP contribution in [0, 0.1) is 6.92 Å². The molecule has 11 nitrogen and oxygen atoms in total. The molecule has 3 atom stereocenters. The number of aliphatic hydroxyl groups excluding tert-OH is 1. The van der Waals surface area contributed by atoms with Gasteiger partial charge in [-0.05, 0) is 19.1 Å². The van der Waals surface area contributed by atoms with Crippen molar-refractivity contribution < 1.29 is 18.3 Å². The van der Waals surface area contributed by atoms with E-state index < -0.39 is 47.5 Å². The Morgan fingerprint density at radius 3 is 2.50 bits per heavy atom. The molecule has 0 bridgehead atoms. The zero-order valence-corrected chi connectivity index (χ0v) is 21.1. The number of aromatic amines is 1. The zero-order chi connectivity index (χ0) is 24.8. The molecule has 1 aromatic carbocycles. The van der Waals surface area contributed by atoms with E-state index in [9.17, 15) is 23.1 Å². The number of aliphatic hydroxyl groups is 1. The van der Waals surface area contributed by atoms with Gasteiger partial charge in [0.1, 0.15) is 20.4 Å². The van der Waals surface area contributed by atoms with Gasteiger partial charge in [0.2, 0.25) is 14.9 Å². The molecule has 2 N–H and O–H groups in total. The maximum absolute atomic E-state index is 13.4. The van der Waals surface area contributed by atoms with Gasteiger partial charge in [-0.15, -0.1) is 5.10 Å². The second kappa shape index (κ2) is 8.72. The number of hydrogen-bond donors (Lipinski definition) is 2. The average molecular weight is 506 g/mol. The van der Waals surface area contributed by atoms with Crippen molar-refractivity contribution in [2.45, 2.75) is 61.3 Å². The van der Waals surface area contributed by atoms with Gasteiger partial charge >= 0.3 is 5.69 Å². The van der Waals surface area contributed by atoms with E-state index in [1.165, 1.54) is 22.9 Å². The monoisotopic (exact) mass is 505 g/mol. The van der Waals surface area contributed by atoms with Gasteiger partial charge in [-0.3, -0.25) is 14.3 Å². The van der Waals surface area contributed by atoms with Gasteiger partial charge in [0.15, 0.2) is 0 Å². The Kier molecular flexibility index (Phi) is 6.22. The predicted octanol–water partition coefficient (Wildman–Crippen LogP) is 0.336. The second-order valence-electron chi connectivity index (χ2n) is 9.35. The topological polar surface area (TPSA) is 149 Å². The first kappa shape index (κ1) is 24.3. The van der Waals surface area contributed by atoms with E-state index in [1.54, 1.807) is 29.8 Å². The zero-order valence-electron chi connectivity index (χ0n) is 19.3. The second-order valence-corrected chi connectivity index (χ2v) is 16.2. The van der Waals surface area contributed by atoms with E-state index >= 15 is 0 Å². The highest BCUT2D eigenvalue weighted by Crippen LogP contribution is 2.36. The van der Waals surface area contributed by atoms with Gasteiger partial charge < -0.3 is 9.84 Å². The fourth-order valence-corrected chi connectivity index (χ4v) is 8.32. The largest absolute Gasteiger partial charge is 0.394 e. The van der Waals surface area contributed by atoms with Crippen molar-refractivity contribution >= 4 is 23.2 Å². The highest BCUT2D eigenvalue weighted by Gasteiger charge is 2.43. The third-order valence-electron chi connectivity index (χ3n) is 5.84. The molecule has 182 valence electrons. The normalized spacial score (nSPS) is 21.1. The lowest BCUT2D eigenvalue weighted by Gasteiger charge is -2.24. The molecule has 3 heterocycles. The number of aromatic nitrogens is 5. The van der Waals surface area contributed by atoms with Crippen molar-refractivity contribution in [3.05, 3.63) is 62.9 Å². The minimum absolute atomic E-state index is 0.102. The van der Waals surface area contributed by atoms with Crippen LogP contribution in [-0.4, -0.2) is 58.9 Å². The van der Waals surface area contributed by atoms with Crippen molar-refractivity contribution in [1.82, 2.24) is 24.5 Å². The van der Waals surface area contributed by atoms with Crippen LogP contribution in [0.5, 0.6) is 0 Å². The summed E-state index contributed by atoms with van der Waals surface area (Å²) in [5, 5.41) is 18.8. The van der Waals surface area contributed by atoms with Crippen LogP contribution in [0.4, 0.5) is 0 Å². The molecule has 3 aromatic rings. The number of rotatable bonds is 6. The summed E-state index contributed by atoms with van der Waals surface area (Å²) in [4.78, 5) is 26.5. The summed E-state index contributed by atoms with van der Waals surface area (Å²) in [6.45, 7) is 7.17. The Balaban J connectivity index is 1.81. The van der Waals surface area contributed by atoms with Crippen molar-refractivity contribution in [2.24, 2.45) is 0 Å². The SMILES string of the molecule is Cc1cn([C@H]2C[C@H](n3nnc(S(=O)(=O)c4ccccc4)c3[Si](C)(C)C)[C@@H](CO)O2)c(=O)[nH]c1=O. The predicted molar refractivity (Wildman–Crippen MR) is 126 cm³/mol. The standard InChI is InChI=1S/C21H27N5O6SSi/c1-13-11-25(21(29)22-18(13)28)17-10-15(16(12-27)32-17)26-20(34(2,3)4)19(23-24-26)33(30,31)14-8-6-5-7-9-14/h5-9,11,15-17,27H,10,12H2,1-4H3,(H,22,28,29)/t15-,16+,17+/m0/s1. The maximum atomic E-state index is 13.4. The molecule has 1 aliphatic heterocycles. The summed E-state index contributed by atoms with van der Waals surface area (Å²) in [7, 11) is -6.27. The number of aryl methyl sites for hydroxylation is 1. The molecule has 0 spiro atoms. The Morgan fingerprint density at radius 2 is 1.88 bits per heavy atom. The highest BCUT2D eigenvalue weighted by molar-refractivity contribution is 7.91. The van der Waals surface area contributed by atoms with E-state index in [-0.39, 0.29) is 22.9 Å². The van der Waals surface area contributed by atoms with Crippen LogP contribution in [0.15, 0.2) is 56.0 Å². The van der Waals surface area contributed by atoms with Crippen LogP contribution in [0.2, 0.25) is 19.6 Å². The van der Waals surface area contributed by atoms with Crippen molar-refractivity contribution in [2.75, 3.05) is 6.61 Å². The number of H-pyrrole nitrogens is 1. The van der Waals surface area contributed by atoms with Crippen molar-refractivity contribution in [1.29, 1.82) is 0 Å². The first-order valence-corrected chi connectivity index (χ1v) is 15.8. The molecule has 13 heteroatoms. The number of nitrogens with one attached hydrogen (secondary N) is 1. The van der Waals surface area contributed by atoms with Crippen molar-refractivity contribution in [3.63, 3.8) is 0 Å². The number of hydrogen-bond acceptors (Lipinski definition) is 8. The lowest BCUT2D eigenvalue weighted by atomic mass is 10.1. The van der Waals surface area contributed by atoms with Crippen molar-refractivity contribution in [3.8, 4) is 0 Å². The molecular weight excluding hydrogens is 478 g/mol. The Morgan fingerprint density at radius 1 is 1.21 bits per heavy atom. The molecule has 0 radical (unpaired) electrons. The third-order valence-corrected chi connectivity index (χ3v) is 9.58. The molecule has 0 saturated carbocycles. The Labute approximate surface area is 197 Å². The fourth-order valence-electron chi connectivity index (χ4n) is 4.18. The molecule has 2 aromatic heterocycles. The van der Waals surface area contributed by atoms with Gasteiger partial charge in [-0.2, -0.15) is 0 Å². The number of sulfone groups is 1. The van der Waals surface area contributed by atoms with Gasteiger partial charge in [0, 0.05) is 18.2 Å². The lowest BCUT2D eigenvalue weighted by molar-refractivity contribution is -0.0321. The van der Waals surface area contributed by atoms with Crippen LogP contribution >= 0.6 is 0 Å².